The van der Waals surface area contributed by atoms with Gasteiger partial charge in [0, 0.05) is 57.4 Å². The first kappa shape index (κ1) is 21.8. The summed E-state index contributed by atoms with van der Waals surface area (Å²) in [7, 11) is 1.87. The third-order valence-corrected chi connectivity index (χ3v) is 5.59. The van der Waals surface area contributed by atoms with Crippen LogP contribution in [-0.2, 0) is 11.3 Å². The number of guanidine groups is 1. The molecule has 2 saturated heterocycles. The molecule has 0 bridgehead atoms. The lowest BCUT2D eigenvalue weighted by molar-refractivity contribution is 0.122. The minimum Gasteiger partial charge on any atom is -0.378 e. The number of hydrogen-bond acceptors (Lipinski definition) is 4. The van der Waals surface area contributed by atoms with Gasteiger partial charge in [-0.1, -0.05) is 36.4 Å². The van der Waals surface area contributed by atoms with E-state index in [1.165, 1.54) is 11.1 Å². The van der Waals surface area contributed by atoms with E-state index in [2.05, 4.69) is 61.5 Å². The number of nitrogens with one attached hydrogen (secondary N) is 1. The first-order valence-corrected chi connectivity index (χ1v) is 10.1. The summed E-state index contributed by atoms with van der Waals surface area (Å²) in [5.41, 5.74) is 2.62. The lowest BCUT2D eigenvalue weighted by Crippen LogP contribution is -2.41. The fraction of sp³-hybridized carbons (Fsp3) is 0.455. The Labute approximate surface area is 190 Å². The minimum absolute atomic E-state index is 0. The van der Waals surface area contributed by atoms with Gasteiger partial charge in [0.2, 0.25) is 0 Å². The van der Waals surface area contributed by atoms with Crippen LogP contribution in [0.2, 0.25) is 0 Å². The average Bonchev–Trinajstić information content (AvgIpc) is 3.26. The Bertz CT molecular complexity index is 795. The SMILES string of the molecule is CN=C(NCc1cccnc1N1CCOCC1)N1CCC(c2ccccc2)C1.I. The Morgan fingerprint density at radius 1 is 1.14 bits per heavy atom. The topological polar surface area (TPSA) is 53.0 Å². The van der Waals surface area contributed by atoms with Crippen molar-refractivity contribution in [2.45, 2.75) is 18.9 Å². The maximum Gasteiger partial charge on any atom is 0.193 e. The molecule has 0 spiro atoms. The highest BCUT2D eigenvalue weighted by atomic mass is 127. The Morgan fingerprint density at radius 3 is 2.69 bits per heavy atom. The maximum absolute atomic E-state index is 5.48. The zero-order valence-electron chi connectivity index (χ0n) is 17.0. The maximum atomic E-state index is 5.48. The molecule has 4 rings (SSSR count). The molecule has 3 heterocycles. The van der Waals surface area contributed by atoms with Gasteiger partial charge in [-0.05, 0) is 18.1 Å². The molecule has 2 aliphatic heterocycles. The van der Waals surface area contributed by atoms with Crippen LogP contribution in [0.4, 0.5) is 5.82 Å². The van der Waals surface area contributed by atoms with Crippen LogP contribution in [0, 0.1) is 0 Å². The highest BCUT2D eigenvalue weighted by Gasteiger charge is 2.26. The van der Waals surface area contributed by atoms with E-state index in [-0.39, 0.29) is 24.0 Å². The first-order chi connectivity index (χ1) is 13.8. The monoisotopic (exact) mass is 507 g/mol. The van der Waals surface area contributed by atoms with Gasteiger partial charge >= 0.3 is 0 Å². The van der Waals surface area contributed by atoms with Gasteiger partial charge < -0.3 is 19.9 Å². The Balaban J connectivity index is 0.00000240. The zero-order valence-corrected chi connectivity index (χ0v) is 19.3. The number of pyridine rings is 1. The molecule has 7 heteroatoms. The normalized spacial score (nSPS) is 19.8. The van der Waals surface area contributed by atoms with E-state index in [1.807, 2.05) is 19.3 Å². The van der Waals surface area contributed by atoms with Gasteiger partial charge in [0.1, 0.15) is 5.82 Å². The van der Waals surface area contributed by atoms with E-state index in [9.17, 15) is 0 Å². The minimum atomic E-state index is 0. The number of aromatic nitrogens is 1. The fourth-order valence-electron chi connectivity index (χ4n) is 4.08. The molecule has 1 aromatic carbocycles. The third-order valence-electron chi connectivity index (χ3n) is 5.59. The molecular formula is C22H30IN5O. The van der Waals surface area contributed by atoms with Crippen LogP contribution in [0.3, 0.4) is 0 Å². The number of nitrogens with zero attached hydrogens (tertiary/aromatic N) is 4. The van der Waals surface area contributed by atoms with Crippen LogP contribution in [0.15, 0.2) is 53.7 Å². The summed E-state index contributed by atoms with van der Waals surface area (Å²) in [4.78, 5) is 13.8. The van der Waals surface area contributed by atoms with Crippen LogP contribution < -0.4 is 10.2 Å². The Hall–Kier alpha value is -1.87. The summed E-state index contributed by atoms with van der Waals surface area (Å²) in [5.74, 6) is 2.59. The molecule has 6 nitrogen and oxygen atoms in total. The summed E-state index contributed by atoms with van der Waals surface area (Å²) >= 11 is 0. The number of benzene rings is 1. The van der Waals surface area contributed by atoms with Crippen LogP contribution in [0.25, 0.3) is 0 Å². The van der Waals surface area contributed by atoms with Gasteiger partial charge in [-0.15, -0.1) is 24.0 Å². The number of aliphatic imine (C=N–C) groups is 1. The van der Waals surface area contributed by atoms with Crippen molar-refractivity contribution in [1.29, 1.82) is 0 Å². The fourth-order valence-corrected chi connectivity index (χ4v) is 4.08. The summed E-state index contributed by atoms with van der Waals surface area (Å²) in [5, 5.41) is 3.56. The van der Waals surface area contributed by atoms with Gasteiger partial charge in [-0.2, -0.15) is 0 Å². The Morgan fingerprint density at radius 2 is 1.93 bits per heavy atom. The summed E-state index contributed by atoms with van der Waals surface area (Å²) in [6.07, 6.45) is 3.03. The molecule has 2 aliphatic rings. The molecule has 0 saturated carbocycles. The van der Waals surface area contributed by atoms with Gasteiger partial charge in [0.05, 0.1) is 13.2 Å². The molecule has 2 aromatic rings. The molecular weight excluding hydrogens is 477 g/mol. The third kappa shape index (κ3) is 5.39. The average molecular weight is 507 g/mol. The number of rotatable bonds is 4. The van der Waals surface area contributed by atoms with Crippen molar-refractivity contribution in [3.05, 3.63) is 59.8 Å². The molecule has 29 heavy (non-hydrogen) atoms. The predicted octanol–water partition coefficient (Wildman–Crippen LogP) is 3.10. The van der Waals surface area contributed by atoms with Crippen molar-refractivity contribution in [3.63, 3.8) is 0 Å². The molecule has 1 N–H and O–H groups in total. The number of anilines is 1. The Kier molecular flexibility index (Phi) is 8.11. The molecule has 1 aromatic heterocycles. The van der Waals surface area contributed by atoms with Crippen molar-refractivity contribution in [2.24, 2.45) is 4.99 Å². The van der Waals surface area contributed by atoms with Crippen molar-refractivity contribution < 1.29 is 4.74 Å². The molecule has 0 amide bonds. The lowest BCUT2D eigenvalue weighted by Gasteiger charge is -2.30. The van der Waals surface area contributed by atoms with Gasteiger partial charge in [0.25, 0.3) is 0 Å². The highest BCUT2D eigenvalue weighted by Crippen LogP contribution is 2.27. The van der Waals surface area contributed by atoms with Gasteiger partial charge in [0.15, 0.2) is 5.96 Å². The summed E-state index contributed by atoms with van der Waals surface area (Å²) in [6.45, 7) is 6.07. The number of halogens is 1. The molecule has 2 fully saturated rings. The molecule has 156 valence electrons. The molecule has 0 aliphatic carbocycles. The van der Waals surface area contributed by atoms with Crippen LogP contribution in [0.5, 0.6) is 0 Å². The zero-order chi connectivity index (χ0) is 19.2. The van der Waals surface area contributed by atoms with E-state index in [1.54, 1.807) is 0 Å². The molecule has 0 radical (unpaired) electrons. The number of ether oxygens (including phenoxy) is 1. The van der Waals surface area contributed by atoms with Crippen LogP contribution >= 0.6 is 24.0 Å². The molecule has 1 unspecified atom stereocenters. The van der Waals surface area contributed by atoms with Crippen molar-refractivity contribution in [2.75, 3.05) is 51.3 Å². The lowest BCUT2D eigenvalue weighted by atomic mass is 9.99. The number of likely N-dealkylation sites (tertiary alicyclic amines) is 1. The van der Waals surface area contributed by atoms with E-state index < -0.39 is 0 Å². The van der Waals surface area contributed by atoms with E-state index in [0.717, 1.165) is 64.1 Å². The number of morpholine rings is 1. The van der Waals surface area contributed by atoms with Crippen molar-refractivity contribution in [3.8, 4) is 0 Å². The second-order valence-corrected chi connectivity index (χ2v) is 7.33. The highest BCUT2D eigenvalue weighted by molar-refractivity contribution is 14.0. The van der Waals surface area contributed by atoms with Crippen molar-refractivity contribution >= 4 is 35.8 Å². The van der Waals surface area contributed by atoms with Crippen LogP contribution in [0.1, 0.15) is 23.5 Å². The summed E-state index contributed by atoms with van der Waals surface area (Å²) < 4.78 is 5.48. The summed E-state index contributed by atoms with van der Waals surface area (Å²) in [6, 6.07) is 14.9. The van der Waals surface area contributed by atoms with Crippen molar-refractivity contribution in [1.82, 2.24) is 15.2 Å². The largest absolute Gasteiger partial charge is 0.378 e. The molecule has 1 atom stereocenters. The first-order valence-electron chi connectivity index (χ1n) is 10.1. The van der Waals surface area contributed by atoms with E-state index in [4.69, 9.17) is 4.74 Å². The van der Waals surface area contributed by atoms with E-state index >= 15 is 0 Å². The van der Waals surface area contributed by atoms with Crippen LogP contribution in [-0.4, -0.2) is 62.3 Å². The second kappa shape index (κ2) is 10.8. The predicted molar refractivity (Wildman–Crippen MR) is 128 cm³/mol. The van der Waals surface area contributed by atoms with Gasteiger partial charge in [-0.3, -0.25) is 4.99 Å². The second-order valence-electron chi connectivity index (χ2n) is 7.33. The standard InChI is InChI=1S/C22H29N5O.HI/c1-23-22(27-11-9-20(17-27)18-6-3-2-4-7-18)25-16-19-8-5-10-24-21(19)26-12-14-28-15-13-26;/h2-8,10,20H,9,11-17H2,1H3,(H,23,25);1H. The smallest absolute Gasteiger partial charge is 0.193 e. The quantitative estimate of drug-likeness (QED) is 0.392. The number of hydrogen-bond donors (Lipinski definition) is 1. The van der Waals surface area contributed by atoms with Gasteiger partial charge in [-0.25, -0.2) is 4.98 Å². The van der Waals surface area contributed by atoms with E-state index in [0.29, 0.717) is 5.92 Å².